The van der Waals surface area contributed by atoms with Gasteiger partial charge in [0.2, 0.25) is 5.75 Å². The molecule has 1 heterocycles. The zero-order chi connectivity index (χ0) is 18.7. The molecule has 0 unspecified atom stereocenters. The van der Waals surface area contributed by atoms with E-state index in [1.165, 1.54) is 0 Å². The molecule has 3 aromatic rings. The maximum atomic E-state index is 6.01. The average molecular weight is 358 g/mol. The Balaban J connectivity index is 2.13. The van der Waals surface area contributed by atoms with Crippen LogP contribution in [0.15, 0.2) is 30.3 Å². The van der Waals surface area contributed by atoms with E-state index in [1.54, 1.807) is 57.4 Å². The molecule has 0 aliphatic heterocycles. The van der Waals surface area contributed by atoms with E-state index >= 15 is 0 Å². The lowest BCUT2D eigenvalue weighted by molar-refractivity contribution is -0.649. The number of aromatic nitrogens is 4. The van der Waals surface area contributed by atoms with Gasteiger partial charge in [0.1, 0.15) is 16.5 Å². The molecule has 0 spiro atoms. The van der Waals surface area contributed by atoms with Crippen LogP contribution in [0.5, 0.6) is 23.0 Å². The fraction of sp³-hybridized carbons (Fsp3) is 0.235. The second kappa shape index (κ2) is 7.18. The molecular formula is C17H20N5O4+. The van der Waals surface area contributed by atoms with Crippen molar-refractivity contribution in [2.24, 2.45) is 0 Å². The molecule has 3 rings (SSSR count). The third-order valence-electron chi connectivity index (χ3n) is 3.90. The van der Waals surface area contributed by atoms with Gasteiger partial charge in [0.15, 0.2) is 16.7 Å². The Labute approximate surface area is 150 Å². The summed E-state index contributed by atoms with van der Waals surface area (Å²) in [6, 6.07) is 8.97. The maximum Gasteiger partial charge on any atom is 0.337 e. The lowest BCUT2D eigenvalue weighted by Gasteiger charge is -2.13. The Hall–Kier alpha value is -3.49. The van der Waals surface area contributed by atoms with Crippen molar-refractivity contribution in [2.45, 2.75) is 0 Å². The van der Waals surface area contributed by atoms with Crippen molar-refractivity contribution in [1.82, 2.24) is 15.5 Å². The minimum Gasteiger partial charge on any atom is -0.495 e. The van der Waals surface area contributed by atoms with Gasteiger partial charge in [0.25, 0.3) is 0 Å². The van der Waals surface area contributed by atoms with Crippen LogP contribution in [0, 0.1) is 0 Å². The van der Waals surface area contributed by atoms with E-state index in [0.29, 0.717) is 40.2 Å². The Morgan fingerprint density at radius 2 is 1.54 bits per heavy atom. The number of methoxy groups -OCH3 is 4. The summed E-state index contributed by atoms with van der Waals surface area (Å²) in [5, 5.41) is 10.9. The second-order valence-electron chi connectivity index (χ2n) is 5.30. The van der Waals surface area contributed by atoms with Crippen molar-refractivity contribution < 1.29 is 23.6 Å². The van der Waals surface area contributed by atoms with Gasteiger partial charge in [0, 0.05) is 12.1 Å². The number of nitrogen functional groups attached to an aromatic ring is 1. The summed E-state index contributed by atoms with van der Waals surface area (Å²) in [5.74, 6) is 2.69. The molecule has 2 aromatic carbocycles. The largest absolute Gasteiger partial charge is 0.495 e. The molecule has 136 valence electrons. The Morgan fingerprint density at radius 3 is 2.08 bits per heavy atom. The quantitative estimate of drug-likeness (QED) is 0.506. The van der Waals surface area contributed by atoms with Gasteiger partial charge in [-0.3, -0.25) is 0 Å². The number of nitrogens with zero attached hydrogens (tertiary/aromatic N) is 3. The number of hydrogen-bond donors (Lipinski definition) is 2. The van der Waals surface area contributed by atoms with E-state index in [2.05, 4.69) is 15.5 Å². The third-order valence-corrected chi connectivity index (χ3v) is 3.90. The summed E-state index contributed by atoms with van der Waals surface area (Å²) in [6.45, 7) is 0. The lowest BCUT2D eigenvalue weighted by Crippen LogP contribution is -2.35. The molecule has 0 saturated heterocycles. The number of hydrogen-bond acceptors (Lipinski definition) is 7. The number of ether oxygens (including phenoxy) is 4. The standard InChI is InChI=1S/C17H19N5O4/c1-23-13-6-5-10(7-12(13)18)17-19-20-21-22(17)11-8-14(24-2)16(26-4)15(9-11)25-3/h5-9H,18H2,1-4H3/p+1. The molecule has 9 nitrogen and oxygen atoms in total. The van der Waals surface area contributed by atoms with Gasteiger partial charge in [-0.05, 0) is 18.2 Å². The molecule has 0 amide bonds. The zero-order valence-corrected chi connectivity index (χ0v) is 14.9. The van der Waals surface area contributed by atoms with E-state index in [0.717, 1.165) is 5.56 Å². The van der Waals surface area contributed by atoms with Crippen molar-refractivity contribution in [3.63, 3.8) is 0 Å². The topological polar surface area (TPSA) is 108 Å². The van der Waals surface area contributed by atoms with Crippen LogP contribution in [-0.2, 0) is 0 Å². The molecule has 0 radical (unpaired) electrons. The smallest absolute Gasteiger partial charge is 0.337 e. The van der Waals surface area contributed by atoms with E-state index in [9.17, 15) is 0 Å². The molecule has 26 heavy (non-hydrogen) atoms. The predicted molar refractivity (Wildman–Crippen MR) is 94.0 cm³/mol. The van der Waals surface area contributed by atoms with Crippen molar-refractivity contribution in [3.8, 4) is 40.1 Å². The van der Waals surface area contributed by atoms with Gasteiger partial charge in [-0.1, -0.05) is 5.21 Å². The van der Waals surface area contributed by atoms with Gasteiger partial charge in [-0.25, -0.2) is 0 Å². The minimum absolute atomic E-state index is 0.502. The van der Waals surface area contributed by atoms with Crippen LogP contribution in [0.1, 0.15) is 0 Å². The summed E-state index contributed by atoms with van der Waals surface area (Å²) in [5.41, 5.74) is 7.98. The molecule has 0 fully saturated rings. The highest BCUT2D eigenvalue weighted by atomic mass is 16.5. The van der Waals surface area contributed by atoms with Crippen LogP contribution in [0.3, 0.4) is 0 Å². The van der Waals surface area contributed by atoms with Crippen LogP contribution in [0.2, 0.25) is 0 Å². The molecule has 3 N–H and O–H groups in total. The highest BCUT2D eigenvalue weighted by Gasteiger charge is 2.23. The first-order valence-corrected chi connectivity index (χ1v) is 7.70. The van der Waals surface area contributed by atoms with Gasteiger partial charge in [-0.15, -0.1) is 4.68 Å². The second-order valence-corrected chi connectivity index (χ2v) is 5.30. The Bertz CT molecular complexity index is 900. The lowest BCUT2D eigenvalue weighted by atomic mass is 10.1. The SMILES string of the molecule is COc1ccc(-c2nn[nH][n+]2-c2cc(OC)c(OC)c(OC)c2)cc1N. The fourth-order valence-corrected chi connectivity index (χ4v) is 2.64. The van der Waals surface area contributed by atoms with Gasteiger partial charge >= 0.3 is 5.82 Å². The Morgan fingerprint density at radius 1 is 0.885 bits per heavy atom. The molecule has 0 aliphatic carbocycles. The van der Waals surface area contributed by atoms with Crippen molar-refractivity contribution in [3.05, 3.63) is 30.3 Å². The molecular weight excluding hydrogens is 338 g/mol. The number of nitrogens with one attached hydrogen (secondary N) is 1. The number of H-pyrrole nitrogens is 1. The first-order valence-electron chi connectivity index (χ1n) is 7.70. The number of rotatable bonds is 6. The number of anilines is 1. The van der Waals surface area contributed by atoms with Crippen LogP contribution in [0.25, 0.3) is 17.1 Å². The average Bonchev–Trinajstić information content (AvgIpc) is 3.16. The highest BCUT2D eigenvalue weighted by Crippen LogP contribution is 2.38. The molecule has 0 aliphatic rings. The van der Waals surface area contributed by atoms with Crippen molar-refractivity contribution >= 4 is 5.69 Å². The maximum absolute atomic E-state index is 6.01. The first kappa shape index (κ1) is 17.3. The van der Waals surface area contributed by atoms with Crippen LogP contribution < -0.4 is 29.4 Å². The number of tetrazole rings is 1. The molecule has 0 bridgehead atoms. The van der Waals surface area contributed by atoms with E-state index in [4.69, 9.17) is 24.7 Å². The summed E-state index contributed by atoms with van der Waals surface area (Å²) in [7, 11) is 6.23. The number of benzene rings is 2. The summed E-state index contributed by atoms with van der Waals surface area (Å²) >= 11 is 0. The monoisotopic (exact) mass is 358 g/mol. The zero-order valence-electron chi connectivity index (χ0n) is 14.9. The summed E-state index contributed by atoms with van der Waals surface area (Å²) < 4.78 is 23.0. The molecule has 0 saturated carbocycles. The van der Waals surface area contributed by atoms with Crippen LogP contribution in [-0.4, -0.2) is 44.0 Å². The van der Waals surface area contributed by atoms with E-state index in [1.807, 2.05) is 6.07 Å². The van der Waals surface area contributed by atoms with Gasteiger partial charge in [0.05, 0.1) is 39.7 Å². The van der Waals surface area contributed by atoms with Crippen LogP contribution in [0.4, 0.5) is 5.69 Å². The van der Waals surface area contributed by atoms with E-state index in [-0.39, 0.29) is 0 Å². The first-order chi connectivity index (χ1) is 12.6. The van der Waals surface area contributed by atoms with Crippen molar-refractivity contribution in [2.75, 3.05) is 34.2 Å². The van der Waals surface area contributed by atoms with Gasteiger partial charge in [-0.2, -0.15) is 0 Å². The van der Waals surface area contributed by atoms with Crippen molar-refractivity contribution in [1.29, 1.82) is 0 Å². The Kier molecular flexibility index (Phi) is 4.78. The predicted octanol–water partition coefficient (Wildman–Crippen LogP) is 1.36. The molecule has 1 aromatic heterocycles. The highest BCUT2D eigenvalue weighted by molar-refractivity contribution is 5.65. The molecule has 9 heteroatoms. The van der Waals surface area contributed by atoms with E-state index < -0.39 is 0 Å². The number of nitrogens with two attached hydrogens (primary N) is 1. The summed E-state index contributed by atoms with van der Waals surface area (Å²) in [6.07, 6.45) is 0. The normalized spacial score (nSPS) is 10.5. The third kappa shape index (κ3) is 2.94. The fourth-order valence-electron chi connectivity index (χ4n) is 2.64. The number of aromatic amines is 1. The molecule has 0 atom stereocenters. The van der Waals surface area contributed by atoms with Gasteiger partial charge < -0.3 is 24.7 Å². The van der Waals surface area contributed by atoms with Crippen LogP contribution >= 0.6 is 0 Å². The minimum atomic E-state index is 0.502. The summed E-state index contributed by atoms with van der Waals surface area (Å²) in [4.78, 5) is 0.